The van der Waals surface area contributed by atoms with E-state index in [4.69, 9.17) is 0 Å². The van der Waals surface area contributed by atoms with Gasteiger partial charge in [0.15, 0.2) is 0 Å². The van der Waals surface area contributed by atoms with Gasteiger partial charge >= 0.3 is 0 Å². The second-order valence-corrected chi connectivity index (χ2v) is 8.58. The van der Waals surface area contributed by atoms with Crippen molar-refractivity contribution in [2.24, 2.45) is 0 Å². The van der Waals surface area contributed by atoms with E-state index in [1.54, 1.807) is 0 Å². The van der Waals surface area contributed by atoms with Crippen LogP contribution in [0.15, 0.2) is 48.8 Å². The van der Waals surface area contributed by atoms with Crippen molar-refractivity contribution in [2.45, 2.75) is 51.4 Å². The Bertz CT molecular complexity index is 1050. The van der Waals surface area contributed by atoms with Crippen molar-refractivity contribution in [1.82, 2.24) is 20.4 Å². The zero-order valence-electron chi connectivity index (χ0n) is 15.9. The Balaban J connectivity index is 1.59. The number of rotatable bonds is 5. The van der Waals surface area contributed by atoms with Gasteiger partial charge in [0, 0.05) is 10.8 Å². The van der Waals surface area contributed by atoms with Gasteiger partial charge in [-0.3, -0.25) is 10.2 Å². The van der Waals surface area contributed by atoms with E-state index < -0.39 is 0 Å². The van der Waals surface area contributed by atoms with E-state index in [0.29, 0.717) is 0 Å². The molecule has 0 unspecified atom stereocenters. The molecule has 0 saturated heterocycles. The second-order valence-electron chi connectivity index (χ2n) is 8.58. The standard InChI is InChI=1S/C22H26N4/c1-21(2,17-9-8-15-13-23-25-19(15)12-17)10-11-22(3,4)18-7-5-6-16-14-24-26-20(16)18/h5-9,12-14H,10-11H2,1-4H3,(H,23,25)(H,24,26). The highest BCUT2D eigenvalue weighted by molar-refractivity contribution is 5.82. The minimum atomic E-state index is 0.0708. The maximum Gasteiger partial charge on any atom is 0.0687 e. The molecule has 0 spiro atoms. The Morgan fingerprint density at radius 3 is 2.38 bits per heavy atom. The van der Waals surface area contributed by atoms with Crippen molar-refractivity contribution in [2.75, 3.05) is 0 Å². The van der Waals surface area contributed by atoms with Crippen molar-refractivity contribution < 1.29 is 0 Å². The monoisotopic (exact) mass is 346 g/mol. The Morgan fingerprint density at radius 1 is 0.808 bits per heavy atom. The molecule has 2 N–H and O–H groups in total. The van der Waals surface area contributed by atoms with Crippen molar-refractivity contribution in [3.63, 3.8) is 0 Å². The van der Waals surface area contributed by atoms with Gasteiger partial charge in [-0.15, -0.1) is 0 Å². The Hall–Kier alpha value is -2.62. The summed E-state index contributed by atoms with van der Waals surface area (Å²) < 4.78 is 0. The molecule has 4 rings (SSSR count). The van der Waals surface area contributed by atoms with Gasteiger partial charge in [-0.2, -0.15) is 10.2 Å². The van der Waals surface area contributed by atoms with Gasteiger partial charge in [0.1, 0.15) is 0 Å². The van der Waals surface area contributed by atoms with Crippen LogP contribution in [0.4, 0.5) is 0 Å². The molecule has 0 aliphatic rings. The molecule has 0 radical (unpaired) electrons. The van der Waals surface area contributed by atoms with Gasteiger partial charge in [-0.05, 0) is 40.9 Å². The average Bonchev–Trinajstić information content (AvgIpc) is 3.27. The molecule has 0 fully saturated rings. The molecular formula is C22H26N4. The summed E-state index contributed by atoms with van der Waals surface area (Å²) in [5.41, 5.74) is 5.13. The lowest BCUT2D eigenvalue weighted by Crippen LogP contribution is -2.24. The van der Waals surface area contributed by atoms with E-state index in [-0.39, 0.29) is 10.8 Å². The first kappa shape index (κ1) is 16.8. The van der Waals surface area contributed by atoms with Gasteiger partial charge in [0.2, 0.25) is 0 Å². The number of hydrogen-bond acceptors (Lipinski definition) is 2. The van der Waals surface area contributed by atoms with Crippen molar-refractivity contribution >= 4 is 21.8 Å². The van der Waals surface area contributed by atoms with Crippen LogP contribution in [0.1, 0.15) is 51.7 Å². The normalized spacial score (nSPS) is 12.9. The molecular weight excluding hydrogens is 320 g/mol. The molecule has 2 heterocycles. The molecule has 4 aromatic rings. The zero-order valence-corrected chi connectivity index (χ0v) is 15.9. The lowest BCUT2D eigenvalue weighted by atomic mass is 9.72. The molecule has 0 aliphatic heterocycles. The van der Waals surface area contributed by atoms with E-state index in [0.717, 1.165) is 29.3 Å². The summed E-state index contributed by atoms with van der Waals surface area (Å²) in [6.07, 6.45) is 5.97. The van der Waals surface area contributed by atoms with E-state index in [2.05, 4.69) is 84.5 Å². The zero-order chi connectivity index (χ0) is 18.4. The van der Waals surface area contributed by atoms with Crippen molar-refractivity contribution in [3.8, 4) is 0 Å². The highest BCUT2D eigenvalue weighted by Gasteiger charge is 2.28. The number of nitrogens with one attached hydrogen (secondary N) is 2. The predicted molar refractivity (Wildman–Crippen MR) is 107 cm³/mol. The lowest BCUT2D eigenvalue weighted by molar-refractivity contribution is 0.376. The number of aromatic nitrogens is 4. The third-order valence-corrected chi connectivity index (χ3v) is 5.80. The summed E-state index contributed by atoms with van der Waals surface area (Å²) in [6, 6.07) is 13.1. The smallest absolute Gasteiger partial charge is 0.0687 e. The lowest BCUT2D eigenvalue weighted by Gasteiger charge is -2.32. The molecule has 0 aliphatic carbocycles. The van der Waals surface area contributed by atoms with E-state index in [9.17, 15) is 0 Å². The van der Waals surface area contributed by atoms with Gasteiger partial charge in [-0.1, -0.05) is 58.0 Å². The number of aromatic amines is 2. The van der Waals surface area contributed by atoms with Crippen LogP contribution in [0, 0.1) is 0 Å². The molecule has 2 aromatic carbocycles. The summed E-state index contributed by atoms with van der Waals surface area (Å²) in [4.78, 5) is 0. The van der Waals surface area contributed by atoms with Crippen molar-refractivity contribution in [1.29, 1.82) is 0 Å². The summed E-state index contributed by atoms with van der Waals surface area (Å²) in [5.74, 6) is 0. The van der Waals surface area contributed by atoms with Gasteiger partial charge in [-0.25, -0.2) is 0 Å². The van der Waals surface area contributed by atoms with Crippen LogP contribution < -0.4 is 0 Å². The minimum Gasteiger partial charge on any atom is -0.278 e. The highest BCUT2D eigenvalue weighted by atomic mass is 15.1. The summed E-state index contributed by atoms with van der Waals surface area (Å²) in [6.45, 7) is 9.32. The maximum atomic E-state index is 4.22. The first-order valence-electron chi connectivity index (χ1n) is 9.23. The SMILES string of the molecule is CC(C)(CCC(C)(C)c1cccc2cn[nH]c12)c1ccc2cn[nH]c2c1. The fourth-order valence-electron chi connectivity index (χ4n) is 3.79. The van der Waals surface area contributed by atoms with Crippen LogP contribution in [0.5, 0.6) is 0 Å². The van der Waals surface area contributed by atoms with Crippen LogP contribution in [0.3, 0.4) is 0 Å². The molecule has 0 atom stereocenters. The van der Waals surface area contributed by atoms with Crippen LogP contribution >= 0.6 is 0 Å². The molecule has 2 aromatic heterocycles. The minimum absolute atomic E-state index is 0.0708. The average molecular weight is 346 g/mol. The van der Waals surface area contributed by atoms with Crippen LogP contribution in [0.25, 0.3) is 21.8 Å². The molecule has 134 valence electrons. The number of fused-ring (bicyclic) bond motifs is 2. The van der Waals surface area contributed by atoms with Crippen molar-refractivity contribution in [3.05, 3.63) is 59.9 Å². The van der Waals surface area contributed by atoms with Crippen LogP contribution in [-0.2, 0) is 10.8 Å². The van der Waals surface area contributed by atoms with Crippen LogP contribution in [0.2, 0.25) is 0 Å². The number of para-hydroxylation sites is 1. The first-order valence-corrected chi connectivity index (χ1v) is 9.23. The van der Waals surface area contributed by atoms with Gasteiger partial charge < -0.3 is 0 Å². The largest absolute Gasteiger partial charge is 0.278 e. The molecule has 0 amide bonds. The highest BCUT2D eigenvalue weighted by Crippen LogP contribution is 2.38. The van der Waals surface area contributed by atoms with E-state index in [1.165, 1.54) is 16.5 Å². The fourth-order valence-corrected chi connectivity index (χ4v) is 3.79. The molecule has 26 heavy (non-hydrogen) atoms. The number of nitrogens with zero attached hydrogens (tertiary/aromatic N) is 2. The molecule has 0 saturated carbocycles. The number of hydrogen-bond donors (Lipinski definition) is 2. The van der Waals surface area contributed by atoms with Crippen LogP contribution in [-0.4, -0.2) is 20.4 Å². The van der Waals surface area contributed by atoms with E-state index in [1.807, 2.05) is 12.4 Å². The Labute approximate surface area is 154 Å². The summed E-state index contributed by atoms with van der Waals surface area (Å²) in [7, 11) is 0. The summed E-state index contributed by atoms with van der Waals surface area (Å²) >= 11 is 0. The Morgan fingerprint density at radius 2 is 1.54 bits per heavy atom. The Kier molecular flexibility index (Phi) is 3.87. The second kappa shape index (κ2) is 5.97. The quantitative estimate of drug-likeness (QED) is 0.503. The predicted octanol–water partition coefficient (Wildman–Crippen LogP) is 5.47. The van der Waals surface area contributed by atoms with E-state index >= 15 is 0 Å². The third kappa shape index (κ3) is 2.90. The summed E-state index contributed by atoms with van der Waals surface area (Å²) in [5, 5.41) is 17.0. The first-order chi connectivity index (χ1) is 12.4. The topological polar surface area (TPSA) is 57.4 Å². The third-order valence-electron chi connectivity index (χ3n) is 5.80. The fraction of sp³-hybridized carbons (Fsp3) is 0.364. The molecule has 4 nitrogen and oxygen atoms in total. The molecule has 0 bridgehead atoms. The molecule has 4 heteroatoms. The maximum absolute atomic E-state index is 4.22. The number of H-pyrrole nitrogens is 2. The number of benzene rings is 2. The van der Waals surface area contributed by atoms with Gasteiger partial charge in [0.05, 0.1) is 23.4 Å². The van der Waals surface area contributed by atoms with Gasteiger partial charge in [0.25, 0.3) is 0 Å².